The fourth-order valence-electron chi connectivity index (χ4n) is 3.36. The standard InChI is InChI=1S/C22H42N2O6/c1-2-29-30-23-17-15-13-11-9-7-5-3-4-6-8-10-12-14-16-18-24(19-21(25)26)20-22(27)28/h2,23H,1,3-20H2,(H,25,26)(H,27,28). The molecule has 176 valence electrons. The highest BCUT2D eigenvalue weighted by molar-refractivity contribution is 5.72. The van der Waals surface area contributed by atoms with E-state index >= 15 is 0 Å². The molecule has 0 bridgehead atoms. The maximum absolute atomic E-state index is 10.7. The third-order valence-electron chi connectivity index (χ3n) is 4.90. The molecular formula is C22H42N2O6. The van der Waals surface area contributed by atoms with E-state index in [0.717, 1.165) is 32.2 Å². The number of rotatable bonds is 24. The van der Waals surface area contributed by atoms with Crippen LogP contribution in [0.25, 0.3) is 0 Å². The number of nitrogens with one attached hydrogen (secondary N) is 1. The first-order chi connectivity index (χ1) is 14.6. The summed E-state index contributed by atoms with van der Waals surface area (Å²) in [5.41, 5.74) is 2.71. The second kappa shape index (κ2) is 22.1. The second-order valence-corrected chi connectivity index (χ2v) is 7.69. The first kappa shape index (κ1) is 28.4. The number of carboxylic acids is 2. The molecule has 3 N–H and O–H groups in total. The highest BCUT2D eigenvalue weighted by Crippen LogP contribution is 2.13. The average Bonchev–Trinajstić information content (AvgIpc) is 2.68. The highest BCUT2D eigenvalue weighted by atomic mass is 17.3. The van der Waals surface area contributed by atoms with Crippen molar-refractivity contribution >= 4 is 11.9 Å². The lowest BCUT2D eigenvalue weighted by molar-refractivity contribution is -0.295. The molecule has 0 saturated carbocycles. The lowest BCUT2D eigenvalue weighted by atomic mass is 10.0. The van der Waals surface area contributed by atoms with Crippen molar-refractivity contribution in [2.75, 3.05) is 26.2 Å². The van der Waals surface area contributed by atoms with Gasteiger partial charge in [0, 0.05) is 6.54 Å². The molecular weight excluding hydrogens is 388 g/mol. The molecule has 0 aromatic carbocycles. The normalized spacial score (nSPS) is 11.0. The van der Waals surface area contributed by atoms with E-state index in [1.54, 1.807) is 0 Å². The van der Waals surface area contributed by atoms with Gasteiger partial charge in [0.15, 0.2) is 0 Å². The Kier molecular flexibility index (Phi) is 20.8. The van der Waals surface area contributed by atoms with Gasteiger partial charge in [-0.25, -0.2) is 0 Å². The Morgan fingerprint density at radius 2 is 1.13 bits per heavy atom. The number of unbranched alkanes of at least 4 members (excludes halogenated alkanes) is 13. The van der Waals surface area contributed by atoms with Crippen LogP contribution < -0.4 is 5.48 Å². The van der Waals surface area contributed by atoms with Crippen molar-refractivity contribution in [3.63, 3.8) is 0 Å². The molecule has 0 radical (unpaired) electrons. The van der Waals surface area contributed by atoms with Gasteiger partial charge in [0.2, 0.25) is 0 Å². The summed E-state index contributed by atoms with van der Waals surface area (Å²) in [6, 6.07) is 0. The summed E-state index contributed by atoms with van der Waals surface area (Å²) < 4.78 is 0. The number of carboxylic acid groups (broad SMARTS) is 2. The maximum atomic E-state index is 10.7. The number of carbonyl (C=O) groups is 2. The van der Waals surface area contributed by atoms with Gasteiger partial charge in [-0.05, 0) is 19.4 Å². The molecule has 0 aliphatic heterocycles. The lowest BCUT2D eigenvalue weighted by Gasteiger charge is -2.17. The van der Waals surface area contributed by atoms with Gasteiger partial charge in [-0.15, -0.1) is 0 Å². The summed E-state index contributed by atoms with van der Waals surface area (Å²) in [7, 11) is 0. The van der Waals surface area contributed by atoms with E-state index in [2.05, 4.69) is 21.9 Å². The van der Waals surface area contributed by atoms with Crippen molar-refractivity contribution in [1.29, 1.82) is 0 Å². The van der Waals surface area contributed by atoms with Gasteiger partial charge in [0.05, 0.1) is 13.1 Å². The third kappa shape index (κ3) is 22.6. The maximum Gasteiger partial charge on any atom is 0.317 e. The molecule has 0 aliphatic carbocycles. The van der Waals surface area contributed by atoms with Crippen molar-refractivity contribution in [3.8, 4) is 0 Å². The Morgan fingerprint density at radius 3 is 1.53 bits per heavy atom. The number of aliphatic carboxylic acids is 2. The summed E-state index contributed by atoms with van der Waals surface area (Å²) in [6.07, 6.45) is 18.1. The second-order valence-electron chi connectivity index (χ2n) is 7.69. The zero-order chi connectivity index (χ0) is 22.3. The molecule has 0 aliphatic rings. The third-order valence-corrected chi connectivity index (χ3v) is 4.90. The number of hydrogen-bond donors (Lipinski definition) is 3. The predicted molar refractivity (Wildman–Crippen MR) is 117 cm³/mol. The van der Waals surface area contributed by atoms with Crippen LogP contribution in [0.3, 0.4) is 0 Å². The van der Waals surface area contributed by atoms with E-state index in [0.29, 0.717) is 6.54 Å². The van der Waals surface area contributed by atoms with E-state index in [4.69, 9.17) is 10.2 Å². The zero-order valence-electron chi connectivity index (χ0n) is 18.5. The molecule has 0 rings (SSSR count). The van der Waals surface area contributed by atoms with Crippen molar-refractivity contribution in [3.05, 3.63) is 12.8 Å². The summed E-state index contributed by atoms with van der Waals surface area (Å²) in [4.78, 5) is 32.1. The Balaban J connectivity index is 3.28. The van der Waals surface area contributed by atoms with Crippen molar-refractivity contribution in [2.24, 2.45) is 0 Å². The van der Waals surface area contributed by atoms with Crippen LogP contribution in [0.15, 0.2) is 12.8 Å². The molecule has 0 saturated heterocycles. The number of nitrogens with zero attached hydrogens (tertiary/aromatic N) is 1. The first-order valence-corrected chi connectivity index (χ1v) is 11.4. The molecule has 8 nitrogen and oxygen atoms in total. The van der Waals surface area contributed by atoms with Crippen LogP contribution in [0.2, 0.25) is 0 Å². The van der Waals surface area contributed by atoms with E-state index in [-0.39, 0.29) is 13.1 Å². The smallest absolute Gasteiger partial charge is 0.317 e. The van der Waals surface area contributed by atoms with Gasteiger partial charge in [-0.1, -0.05) is 88.6 Å². The van der Waals surface area contributed by atoms with E-state index in [1.807, 2.05) is 0 Å². The minimum absolute atomic E-state index is 0.204. The quantitative estimate of drug-likeness (QED) is 0.0888. The van der Waals surface area contributed by atoms with Crippen LogP contribution in [0.5, 0.6) is 0 Å². The van der Waals surface area contributed by atoms with Crippen LogP contribution in [-0.4, -0.2) is 53.2 Å². The van der Waals surface area contributed by atoms with Gasteiger partial charge in [-0.2, -0.15) is 5.48 Å². The lowest BCUT2D eigenvalue weighted by Crippen LogP contribution is -2.35. The van der Waals surface area contributed by atoms with E-state index < -0.39 is 11.9 Å². The first-order valence-electron chi connectivity index (χ1n) is 11.4. The van der Waals surface area contributed by atoms with Crippen molar-refractivity contribution in [1.82, 2.24) is 10.4 Å². The van der Waals surface area contributed by atoms with Crippen molar-refractivity contribution < 1.29 is 29.7 Å². The summed E-state index contributed by atoms with van der Waals surface area (Å²) in [5, 5.41) is 17.6. The highest BCUT2D eigenvalue weighted by Gasteiger charge is 2.12. The summed E-state index contributed by atoms with van der Waals surface area (Å²) in [6.45, 7) is 4.29. The molecule has 0 heterocycles. The molecule has 0 aromatic rings. The Hall–Kier alpha value is -1.64. The van der Waals surface area contributed by atoms with Crippen LogP contribution in [0.1, 0.15) is 89.9 Å². The topological polar surface area (TPSA) is 108 Å². The molecule has 30 heavy (non-hydrogen) atoms. The van der Waals surface area contributed by atoms with Crippen LogP contribution in [0.4, 0.5) is 0 Å². The van der Waals surface area contributed by atoms with Crippen molar-refractivity contribution in [2.45, 2.75) is 89.9 Å². The fourth-order valence-corrected chi connectivity index (χ4v) is 3.36. The van der Waals surface area contributed by atoms with Gasteiger partial charge in [0.25, 0.3) is 0 Å². The Labute approximate surface area is 181 Å². The monoisotopic (exact) mass is 430 g/mol. The number of hydrogen-bond acceptors (Lipinski definition) is 6. The van der Waals surface area contributed by atoms with Gasteiger partial charge >= 0.3 is 11.9 Å². The molecule has 8 heteroatoms. The van der Waals surface area contributed by atoms with E-state index in [9.17, 15) is 9.59 Å². The Morgan fingerprint density at radius 1 is 0.733 bits per heavy atom. The summed E-state index contributed by atoms with van der Waals surface area (Å²) in [5.74, 6) is -1.96. The van der Waals surface area contributed by atoms with Crippen LogP contribution in [0, 0.1) is 0 Å². The zero-order valence-corrected chi connectivity index (χ0v) is 18.5. The average molecular weight is 431 g/mol. The minimum Gasteiger partial charge on any atom is -0.480 e. The van der Waals surface area contributed by atoms with Gasteiger partial charge in [0.1, 0.15) is 6.26 Å². The molecule has 0 unspecified atom stereocenters. The molecule has 0 spiro atoms. The molecule has 0 atom stereocenters. The van der Waals surface area contributed by atoms with E-state index in [1.165, 1.54) is 75.4 Å². The largest absolute Gasteiger partial charge is 0.480 e. The molecule has 0 fully saturated rings. The van der Waals surface area contributed by atoms with Gasteiger partial charge in [-0.3, -0.25) is 14.5 Å². The SMILES string of the molecule is C=COONCCCCCCCCCCCCCCCCN(CC(=O)O)CC(=O)O. The summed E-state index contributed by atoms with van der Waals surface area (Å²) >= 11 is 0. The number of hydroxylamine groups is 1. The minimum atomic E-state index is -0.978. The predicted octanol–water partition coefficient (Wildman–Crippen LogP) is 4.52. The Bertz CT molecular complexity index is 418. The molecule has 0 amide bonds. The van der Waals surface area contributed by atoms with Crippen LogP contribution >= 0.6 is 0 Å². The van der Waals surface area contributed by atoms with Crippen LogP contribution in [-0.2, 0) is 19.5 Å². The molecule has 0 aromatic heterocycles. The van der Waals surface area contributed by atoms with Gasteiger partial charge < -0.3 is 15.1 Å². The fraction of sp³-hybridized carbons (Fsp3) is 0.818.